The van der Waals surface area contributed by atoms with Gasteiger partial charge >= 0.3 is 0 Å². The summed E-state index contributed by atoms with van der Waals surface area (Å²) in [5.41, 5.74) is 1.33. The summed E-state index contributed by atoms with van der Waals surface area (Å²) >= 11 is 1.44. The van der Waals surface area contributed by atoms with Crippen LogP contribution in [0.25, 0.3) is 10.4 Å². The monoisotopic (exact) mass is 317 g/mol. The molecule has 114 valence electrons. The molecular formula is C17H16FNO2S. The Balaban J connectivity index is 1.88. The van der Waals surface area contributed by atoms with Gasteiger partial charge in [0.25, 0.3) is 0 Å². The van der Waals surface area contributed by atoms with Crippen molar-refractivity contribution in [1.29, 1.82) is 0 Å². The minimum Gasteiger partial charge on any atom is -0.383 e. The number of nitrogens with zero attached hydrogens (tertiary/aromatic N) is 1. The quantitative estimate of drug-likeness (QED) is 0.916. The number of rotatable bonds is 3. The molecule has 0 aliphatic carbocycles. The third kappa shape index (κ3) is 2.36. The number of halogens is 1. The van der Waals surface area contributed by atoms with E-state index in [4.69, 9.17) is 4.84 Å². The summed E-state index contributed by atoms with van der Waals surface area (Å²) in [5, 5.41) is 14.6. The SMILES string of the molecule is C=C1C(C)=NO[C@@]1(C)[C@@H](O)c1ccc(-c2ccc(F)cc2)s1. The van der Waals surface area contributed by atoms with E-state index in [0.29, 0.717) is 11.3 Å². The maximum absolute atomic E-state index is 13.0. The summed E-state index contributed by atoms with van der Waals surface area (Å²) in [6.45, 7) is 7.54. The molecule has 0 fully saturated rings. The number of benzene rings is 1. The highest BCUT2D eigenvalue weighted by molar-refractivity contribution is 7.15. The van der Waals surface area contributed by atoms with E-state index in [-0.39, 0.29) is 5.82 Å². The lowest BCUT2D eigenvalue weighted by atomic mass is 9.88. The molecule has 0 amide bonds. The second-order valence-corrected chi connectivity index (χ2v) is 6.58. The molecule has 2 atom stereocenters. The van der Waals surface area contributed by atoms with Crippen molar-refractivity contribution in [3.63, 3.8) is 0 Å². The van der Waals surface area contributed by atoms with Crippen molar-refractivity contribution in [3.8, 4) is 10.4 Å². The van der Waals surface area contributed by atoms with Crippen LogP contribution in [0.2, 0.25) is 0 Å². The molecule has 1 aromatic carbocycles. The Morgan fingerprint density at radius 3 is 2.55 bits per heavy atom. The Kier molecular flexibility index (Phi) is 3.62. The Morgan fingerprint density at radius 2 is 1.95 bits per heavy atom. The van der Waals surface area contributed by atoms with Gasteiger partial charge in [0, 0.05) is 15.3 Å². The largest absolute Gasteiger partial charge is 0.383 e. The van der Waals surface area contributed by atoms with E-state index in [1.165, 1.54) is 23.5 Å². The smallest absolute Gasteiger partial charge is 0.191 e. The zero-order valence-corrected chi connectivity index (χ0v) is 13.2. The first-order chi connectivity index (χ1) is 10.4. The van der Waals surface area contributed by atoms with Crippen LogP contribution in [0.1, 0.15) is 24.8 Å². The highest BCUT2D eigenvalue weighted by Crippen LogP contribution is 2.42. The van der Waals surface area contributed by atoms with E-state index in [1.54, 1.807) is 26.0 Å². The van der Waals surface area contributed by atoms with E-state index in [9.17, 15) is 9.50 Å². The first kappa shape index (κ1) is 14.9. The van der Waals surface area contributed by atoms with Crippen LogP contribution >= 0.6 is 11.3 Å². The van der Waals surface area contributed by atoms with Crippen LogP contribution in [0.5, 0.6) is 0 Å². The average Bonchev–Trinajstić information content (AvgIpc) is 3.09. The number of aliphatic hydroxyl groups is 1. The van der Waals surface area contributed by atoms with Gasteiger partial charge in [-0.2, -0.15) is 0 Å². The third-order valence-electron chi connectivity index (χ3n) is 3.95. The number of hydrogen-bond donors (Lipinski definition) is 1. The lowest BCUT2D eigenvalue weighted by Crippen LogP contribution is -2.34. The zero-order chi connectivity index (χ0) is 15.9. The lowest BCUT2D eigenvalue weighted by Gasteiger charge is -2.28. The van der Waals surface area contributed by atoms with Gasteiger partial charge in [-0.05, 0) is 43.7 Å². The topological polar surface area (TPSA) is 41.8 Å². The predicted molar refractivity (Wildman–Crippen MR) is 86.4 cm³/mol. The molecule has 0 saturated carbocycles. The fourth-order valence-electron chi connectivity index (χ4n) is 2.39. The molecule has 3 nitrogen and oxygen atoms in total. The maximum atomic E-state index is 13.0. The summed E-state index contributed by atoms with van der Waals surface area (Å²) in [6, 6.07) is 10.0. The molecule has 1 aromatic heterocycles. The standard InChI is InChI=1S/C17H16FNO2S/c1-10-11(2)19-21-17(10,3)16(20)15-9-8-14(22-15)12-4-6-13(18)7-5-12/h4-9,16,20H,1H2,2-3H3/t16-,17+/m0/s1. The van der Waals surface area contributed by atoms with Crippen LogP contribution in [0.15, 0.2) is 53.7 Å². The molecule has 0 radical (unpaired) electrons. The second kappa shape index (κ2) is 5.34. The van der Waals surface area contributed by atoms with Crippen molar-refractivity contribution >= 4 is 17.0 Å². The Bertz CT molecular complexity index is 750. The van der Waals surface area contributed by atoms with Gasteiger partial charge in [0.2, 0.25) is 0 Å². The Hall–Kier alpha value is -1.98. The zero-order valence-electron chi connectivity index (χ0n) is 12.3. The Morgan fingerprint density at radius 1 is 1.27 bits per heavy atom. The van der Waals surface area contributed by atoms with Gasteiger partial charge in [-0.15, -0.1) is 11.3 Å². The fraction of sp³-hybridized carbons (Fsp3) is 0.235. The predicted octanol–water partition coefficient (Wildman–Crippen LogP) is 4.31. The maximum Gasteiger partial charge on any atom is 0.191 e. The number of oxime groups is 1. The van der Waals surface area contributed by atoms with Gasteiger partial charge in [0.1, 0.15) is 11.9 Å². The molecular weight excluding hydrogens is 301 g/mol. The molecule has 1 N–H and O–H groups in total. The van der Waals surface area contributed by atoms with E-state index in [2.05, 4.69) is 11.7 Å². The van der Waals surface area contributed by atoms with Gasteiger partial charge in [0.05, 0.1) is 5.71 Å². The molecule has 22 heavy (non-hydrogen) atoms. The van der Waals surface area contributed by atoms with Crippen molar-refractivity contribution in [2.45, 2.75) is 25.6 Å². The van der Waals surface area contributed by atoms with E-state index in [0.717, 1.165) is 15.3 Å². The minimum absolute atomic E-state index is 0.267. The van der Waals surface area contributed by atoms with Crippen LogP contribution in [-0.2, 0) is 4.84 Å². The molecule has 5 heteroatoms. The molecule has 0 saturated heterocycles. The summed E-state index contributed by atoms with van der Waals surface area (Å²) < 4.78 is 13.0. The van der Waals surface area contributed by atoms with Crippen molar-refractivity contribution in [2.24, 2.45) is 5.16 Å². The summed E-state index contributed by atoms with van der Waals surface area (Å²) in [7, 11) is 0. The highest BCUT2D eigenvalue weighted by atomic mass is 32.1. The molecule has 1 aliphatic heterocycles. The van der Waals surface area contributed by atoms with Crippen molar-refractivity contribution in [3.05, 3.63) is 59.2 Å². The molecule has 0 bridgehead atoms. The third-order valence-corrected chi connectivity index (χ3v) is 5.14. The van der Waals surface area contributed by atoms with E-state index < -0.39 is 11.7 Å². The van der Waals surface area contributed by atoms with Gasteiger partial charge < -0.3 is 9.94 Å². The number of thiophene rings is 1. The number of aliphatic hydroxyl groups excluding tert-OH is 1. The Labute approximate surface area is 132 Å². The van der Waals surface area contributed by atoms with E-state index >= 15 is 0 Å². The average molecular weight is 317 g/mol. The van der Waals surface area contributed by atoms with Crippen molar-refractivity contribution in [2.75, 3.05) is 0 Å². The van der Waals surface area contributed by atoms with Crippen LogP contribution in [0, 0.1) is 5.82 Å². The summed E-state index contributed by atoms with van der Waals surface area (Å²) in [6.07, 6.45) is -0.861. The van der Waals surface area contributed by atoms with Crippen LogP contribution in [0.4, 0.5) is 4.39 Å². The first-order valence-electron chi connectivity index (χ1n) is 6.88. The van der Waals surface area contributed by atoms with E-state index in [1.807, 2.05) is 12.1 Å². The summed E-state index contributed by atoms with van der Waals surface area (Å²) in [5.74, 6) is -0.267. The van der Waals surface area contributed by atoms with Crippen LogP contribution < -0.4 is 0 Å². The van der Waals surface area contributed by atoms with Crippen molar-refractivity contribution < 1.29 is 14.3 Å². The van der Waals surface area contributed by atoms with Crippen LogP contribution in [-0.4, -0.2) is 16.4 Å². The van der Waals surface area contributed by atoms with Gasteiger partial charge in [-0.3, -0.25) is 0 Å². The molecule has 2 heterocycles. The number of hydrogen-bond acceptors (Lipinski definition) is 4. The van der Waals surface area contributed by atoms with Crippen molar-refractivity contribution in [1.82, 2.24) is 0 Å². The second-order valence-electron chi connectivity index (χ2n) is 5.47. The first-order valence-corrected chi connectivity index (χ1v) is 7.70. The molecule has 2 aromatic rings. The highest BCUT2D eigenvalue weighted by Gasteiger charge is 2.45. The van der Waals surface area contributed by atoms with Crippen LogP contribution in [0.3, 0.4) is 0 Å². The lowest BCUT2D eigenvalue weighted by molar-refractivity contribution is -0.0731. The molecule has 0 unspecified atom stereocenters. The summed E-state index contributed by atoms with van der Waals surface area (Å²) in [4.78, 5) is 7.12. The normalized spacial score (nSPS) is 22.4. The van der Waals surface area contributed by atoms with Gasteiger partial charge in [0.15, 0.2) is 5.60 Å². The molecule has 1 aliphatic rings. The molecule has 3 rings (SSSR count). The molecule has 0 spiro atoms. The fourth-order valence-corrected chi connectivity index (χ4v) is 3.50. The van der Waals surface area contributed by atoms with Gasteiger partial charge in [-0.25, -0.2) is 4.39 Å². The van der Waals surface area contributed by atoms with Gasteiger partial charge in [-0.1, -0.05) is 23.9 Å². The minimum atomic E-state index is -0.949.